The van der Waals surface area contributed by atoms with Gasteiger partial charge in [-0.2, -0.15) is 5.10 Å². The molecular formula is C23H23N3O3S. The molecule has 0 bridgehead atoms. The van der Waals surface area contributed by atoms with Crippen LogP contribution in [-0.4, -0.2) is 49.8 Å². The minimum atomic E-state index is -3.81. The third-order valence-corrected chi connectivity index (χ3v) is 7.42. The largest absolute Gasteiger partial charge is 0.492 e. The van der Waals surface area contributed by atoms with Gasteiger partial charge in [0, 0.05) is 17.3 Å². The number of likely N-dealkylation sites (tertiary alicyclic amines) is 1. The van der Waals surface area contributed by atoms with Crippen molar-refractivity contribution in [3.05, 3.63) is 60.7 Å². The summed E-state index contributed by atoms with van der Waals surface area (Å²) in [6.45, 7) is 3.70. The second-order valence-electron chi connectivity index (χ2n) is 7.61. The Balaban J connectivity index is 1.48. The van der Waals surface area contributed by atoms with E-state index in [9.17, 15) is 8.42 Å². The van der Waals surface area contributed by atoms with Gasteiger partial charge < -0.3 is 4.74 Å². The molecular weight excluding hydrogens is 398 g/mol. The molecule has 3 aromatic carbocycles. The highest BCUT2D eigenvalue weighted by Crippen LogP contribution is 2.32. The van der Waals surface area contributed by atoms with Crippen molar-refractivity contribution in [3.8, 4) is 5.75 Å². The predicted octanol–water partition coefficient (Wildman–Crippen LogP) is 4.02. The Kier molecular flexibility index (Phi) is 4.92. The fraction of sp³-hybridized carbons (Fsp3) is 0.261. The molecule has 6 nitrogen and oxygen atoms in total. The lowest BCUT2D eigenvalue weighted by molar-refractivity contribution is 0.238. The first-order valence-electron chi connectivity index (χ1n) is 10.2. The van der Waals surface area contributed by atoms with Crippen molar-refractivity contribution < 1.29 is 13.2 Å². The van der Waals surface area contributed by atoms with Gasteiger partial charge in [0.25, 0.3) is 0 Å². The topological polar surface area (TPSA) is 75.3 Å². The molecule has 0 aliphatic carbocycles. The molecule has 30 heavy (non-hydrogen) atoms. The smallest absolute Gasteiger partial charge is 0.226 e. The third-order valence-electron chi connectivity index (χ3n) is 5.67. The first-order valence-corrected chi connectivity index (χ1v) is 11.7. The summed E-state index contributed by atoms with van der Waals surface area (Å²) in [6, 6.07) is 18.2. The molecule has 1 N–H and O–H groups in total. The molecule has 4 aromatic rings. The van der Waals surface area contributed by atoms with Crippen LogP contribution < -0.4 is 4.74 Å². The van der Waals surface area contributed by atoms with Crippen LogP contribution in [0.1, 0.15) is 12.8 Å². The Hall–Kier alpha value is -2.90. The van der Waals surface area contributed by atoms with E-state index in [0.717, 1.165) is 25.0 Å². The van der Waals surface area contributed by atoms with Gasteiger partial charge in [0.05, 0.1) is 10.4 Å². The molecule has 0 atom stereocenters. The standard InChI is InChI=1S/C23H23N3O3S/c27-30(28,22-9-5-7-17-6-1-2-8-19(17)22)23-20-16-18(10-11-21(20)24-25-23)29-15-14-26-12-3-4-13-26/h1-2,5-11,16H,3-4,12-15H2,(H,24,25). The number of H-pyrrole nitrogens is 1. The number of aromatic nitrogens is 2. The van der Waals surface area contributed by atoms with Crippen molar-refractivity contribution in [2.24, 2.45) is 0 Å². The molecule has 1 aliphatic heterocycles. The van der Waals surface area contributed by atoms with E-state index in [2.05, 4.69) is 15.1 Å². The zero-order chi connectivity index (χ0) is 20.6. The maximum Gasteiger partial charge on any atom is 0.226 e. The molecule has 5 rings (SSSR count). The molecule has 0 amide bonds. The number of nitrogens with one attached hydrogen (secondary N) is 1. The van der Waals surface area contributed by atoms with Gasteiger partial charge in [-0.3, -0.25) is 10.00 Å². The number of sulfone groups is 1. The van der Waals surface area contributed by atoms with Crippen molar-refractivity contribution in [2.45, 2.75) is 22.8 Å². The number of aromatic amines is 1. The van der Waals surface area contributed by atoms with E-state index in [1.54, 1.807) is 18.2 Å². The Labute approximate surface area is 175 Å². The van der Waals surface area contributed by atoms with Crippen LogP contribution in [0.15, 0.2) is 70.6 Å². The summed E-state index contributed by atoms with van der Waals surface area (Å²) in [7, 11) is -3.81. The summed E-state index contributed by atoms with van der Waals surface area (Å²) in [5, 5.41) is 9.14. The van der Waals surface area contributed by atoms with E-state index in [0.29, 0.717) is 28.6 Å². The van der Waals surface area contributed by atoms with E-state index in [-0.39, 0.29) is 9.92 Å². The van der Waals surface area contributed by atoms with Crippen LogP contribution in [-0.2, 0) is 9.84 Å². The molecule has 7 heteroatoms. The summed E-state index contributed by atoms with van der Waals surface area (Å²) in [4.78, 5) is 2.64. The number of hydrogen-bond acceptors (Lipinski definition) is 5. The van der Waals surface area contributed by atoms with Gasteiger partial charge in [-0.15, -0.1) is 0 Å². The van der Waals surface area contributed by atoms with E-state index >= 15 is 0 Å². The fourth-order valence-corrected chi connectivity index (χ4v) is 5.66. The quantitative estimate of drug-likeness (QED) is 0.509. The predicted molar refractivity (Wildman–Crippen MR) is 117 cm³/mol. The highest BCUT2D eigenvalue weighted by atomic mass is 32.2. The highest BCUT2D eigenvalue weighted by Gasteiger charge is 2.26. The van der Waals surface area contributed by atoms with Gasteiger partial charge in [0.15, 0.2) is 5.03 Å². The van der Waals surface area contributed by atoms with Gasteiger partial charge in [-0.1, -0.05) is 36.4 Å². The lowest BCUT2D eigenvalue weighted by Gasteiger charge is -2.15. The van der Waals surface area contributed by atoms with Gasteiger partial charge in [0.1, 0.15) is 12.4 Å². The zero-order valence-corrected chi connectivity index (χ0v) is 17.4. The average molecular weight is 422 g/mol. The number of rotatable bonds is 6. The maximum absolute atomic E-state index is 13.5. The van der Waals surface area contributed by atoms with E-state index in [4.69, 9.17) is 4.74 Å². The number of nitrogens with zero attached hydrogens (tertiary/aromatic N) is 2. The molecule has 0 saturated carbocycles. The van der Waals surface area contributed by atoms with Gasteiger partial charge >= 0.3 is 0 Å². The van der Waals surface area contributed by atoms with Crippen molar-refractivity contribution in [1.82, 2.24) is 15.1 Å². The first-order chi connectivity index (χ1) is 14.6. The van der Waals surface area contributed by atoms with E-state index in [1.807, 2.05) is 42.5 Å². The first kappa shape index (κ1) is 19.1. The SMILES string of the molecule is O=S(=O)(c1cccc2ccccc12)c1n[nH]c2ccc(OCCN3CCCC3)cc12. The monoisotopic (exact) mass is 421 g/mol. The lowest BCUT2D eigenvalue weighted by atomic mass is 10.1. The summed E-state index contributed by atoms with van der Waals surface area (Å²) in [6.07, 6.45) is 2.49. The van der Waals surface area contributed by atoms with E-state index in [1.165, 1.54) is 12.8 Å². The summed E-state index contributed by atoms with van der Waals surface area (Å²) >= 11 is 0. The number of hydrogen-bond donors (Lipinski definition) is 1. The number of benzene rings is 3. The van der Waals surface area contributed by atoms with Crippen molar-refractivity contribution in [1.29, 1.82) is 0 Å². The van der Waals surface area contributed by atoms with Crippen LogP contribution in [0.3, 0.4) is 0 Å². The lowest BCUT2D eigenvalue weighted by Crippen LogP contribution is -2.25. The summed E-state index contributed by atoms with van der Waals surface area (Å²) in [5.41, 5.74) is 0.667. The molecule has 1 saturated heterocycles. The van der Waals surface area contributed by atoms with E-state index < -0.39 is 9.84 Å². The van der Waals surface area contributed by atoms with Crippen LogP contribution in [0.2, 0.25) is 0 Å². The highest BCUT2D eigenvalue weighted by molar-refractivity contribution is 7.91. The van der Waals surface area contributed by atoms with Crippen molar-refractivity contribution >= 4 is 31.5 Å². The molecule has 154 valence electrons. The van der Waals surface area contributed by atoms with Crippen LogP contribution in [0.5, 0.6) is 5.75 Å². The molecule has 0 radical (unpaired) electrons. The summed E-state index contributed by atoms with van der Waals surface area (Å²) < 4.78 is 32.9. The molecule has 0 spiro atoms. The number of ether oxygens (including phenoxy) is 1. The molecule has 1 aromatic heterocycles. The normalized spacial score (nSPS) is 15.2. The molecule has 0 unspecified atom stereocenters. The minimum Gasteiger partial charge on any atom is -0.492 e. The van der Waals surface area contributed by atoms with Gasteiger partial charge in [0.2, 0.25) is 9.84 Å². The average Bonchev–Trinajstić information content (AvgIpc) is 3.43. The van der Waals surface area contributed by atoms with Crippen LogP contribution >= 0.6 is 0 Å². The van der Waals surface area contributed by atoms with Crippen molar-refractivity contribution in [3.63, 3.8) is 0 Å². The third kappa shape index (κ3) is 3.44. The maximum atomic E-state index is 13.5. The Morgan fingerprint density at radius 3 is 2.63 bits per heavy atom. The van der Waals surface area contributed by atoms with Crippen LogP contribution in [0.25, 0.3) is 21.7 Å². The zero-order valence-electron chi connectivity index (χ0n) is 16.5. The summed E-state index contributed by atoms with van der Waals surface area (Å²) in [5.74, 6) is 0.650. The van der Waals surface area contributed by atoms with Gasteiger partial charge in [-0.25, -0.2) is 8.42 Å². The van der Waals surface area contributed by atoms with Crippen molar-refractivity contribution in [2.75, 3.05) is 26.2 Å². The molecule has 1 fully saturated rings. The second-order valence-corrected chi connectivity index (χ2v) is 9.45. The second kappa shape index (κ2) is 7.74. The van der Waals surface area contributed by atoms with Crippen LogP contribution in [0, 0.1) is 0 Å². The Bertz CT molecular complexity index is 1300. The number of fused-ring (bicyclic) bond motifs is 2. The Morgan fingerprint density at radius 1 is 0.967 bits per heavy atom. The molecule has 2 heterocycles. The minimum absolute atomic E-state index is 0.0267. The van der Waals surface area contributed by atoms with Crippen LogP contribution in [0.4, 0.5) is 0 Å². The fourth-order valence-electron chi connectivity index (χ4n) is 4.10. The molecule has 1 aliphatic rings. The Morgan fingerprint density at radius 2 is 1.77 bits per heavy atom. The van der Waals surface area contributed by atoms with Gasteiger partial charge in [-0.05, 0) is 55.6 Å².